The largest absolute Gasteiger partial charge is 0.508 e. The number of aromatic hydroxyl groups is 1. The number of hydrogen-bond acceptors (Lipinski definition) is 1. The summed E-state index contributed by atoms with van der Waals surface area (Å²) in [6.45, 7) is 0. The summed E-state index contributed by atoms with van der Waals surface area (Å²) in [6, 6.07) is 6.01. The average molecular weight is 174 g/mol. The van der Waals surface area contributed by atoms with Gasteiger partial charge in [-0.15, -0.1) is 0 Å². The van der Waals surface area contributed by atoms with E-state index < -0.39 is 0 Å². The van der Waals surface area contributed by atoms with Crippen molar-refractivity contribution in [3.8, 4) is 5.75 Å². The third kappa shape index (κ3) is 0.932. The van der Waals surface area contributed by atoms with Crippen molar-refractivity contribution in [2.45, 2.75) is 37.5 Å². The predicted molar refractivity (Wildman–Crippen MR) is 52.1 cm³/mol. The molecule has 0 unspecified atom stereocenters. The van der Waals surface area contributed by atoms with Gasteiger partial charge in [-0.25, -0.2) is 0 Å². The van der Waals surface area contributed by atoms with E-state index in [0.29, 0.717) is 11.7 Å². The highest BCUT2D eigenvalue weighted by atomic mass is 16.3. The molecular weight excluding hydrogens is 160 g/mol. The fourth-order valence-electron chi connectivity index (χ4n) is 3.06. The molecule has 1 N–H and O–H groups in total. The highest BCUT2D eigenvalue weighted by Crippen LogP contribution is 2.51. The van der Waals surface area contributed by atoms with Gasteiger partial charge in [0.1, 0.15) is 5.75 Å². The molecule has 0 spiro atoms. The van der Waals surface area contributed by atoms with Gasteiger partial charge in [0, 0.05) is 5.56 Å². The van der Waals surface area contributed by atoms with Gasteiger partial charge in [0.15, 0.2) is 0 Å². The van der Waals surface area contributed by atoms with Gasteiger partial charge in [0.25, 0.3) is 0 Å². The Labute approximate surface area is 78.4 Å². The van der Waals surface area contributed by atoms with Gasteiger partial charge in [-0.3, -0.25) is 0 Å². The van der Waals surface area contributed by atoms with Gasteiger partial charge in [-0.05, 0) is 49.1 Å². The normalized spacial score (nSPS) is 30.2. The van der Waals surface area contributed by atoms with Gasteiger partial charge >= 0.3 is 0 Å². The SMILES string of the molecule is Oc1cccc2c1C1CCC2CC1. The third-order valence-corrected chi connectivity index (χ3v) is 3.69. The molecule has 3 aliphatic carbocycles. The first-order valence-electron chi connectivity index (χ1n) is 5.18. The highest BCUT2D eigenvalue weighted by molar-refractivity contribution is 5.46. The summed E-state index contributed by atoms with van der Waals surface area (Å²) in [5.41, 5.74) is 2.70. The lowest BCUT2D eigenvalue weighted by Crippen LogP contribution is -2.21. The van der Waals surface area contributed by atoms with Gasteiger partial charge in [0.2, 0.25) is 0 Å². The smallest absolute Gasteiger partial charge is 0.119 e. The number of benzene rings is 1. The van der Waals surface area contributed by atoms with E-state index in [1.54, 1.807) is 0 Å². The van der Waals surface area contributed by atoms with Crippen LogP contribution in [-0.2, 0) is 0 Å². The quantitative estimate of drug-likeness (QED) is 0.640. The Morgan fingerprint density at radius 1 is 1.00 bits per heavy atom. The topological polar surface area (TPSA) is 20.2 Å². The van der Waals surface area contributed by atoms with E-state index in [1.165, 1.54) is 36.8 Å². The maximum Gasteiger partial charge on any atom is 0.119 e. The zero-order valence-corrected chi connectivity index (χ0v) is 7.66. The number of phenols is 1. The Morgan fingerprint density at radius 2 is 1.69 bits per heavy atom. The highest BCUT2D eigenvalue weighted by Gasteiger charge is 2.34. The van der Waals surface area contributed by atoms with Crippen molar-refractivity contribution in [2.75, 3.05) is 0 Å². The second kappa shape index (κ2) is 2.50. The second-order valence-electron chi connectivity index (χ2n) is 4.33. The molecule has 0 aromatic heterocycles. The van der Waals surface area contributed by atoms with Crippen LogP contribution in [0.5, 0.6) is 5.75 Å². The average Bonchev–Trinajstić information content (AvgIpc) is 2.20. The Hall–Kier alpha value is -0.980. The van der Waals surface area contributed by atoms with Crippen LogP contribution in [0.1, 0.15) is 48.6 Å². The number of phenolic OH excluding ortho intramolecular Hbond substituents is 1. The molecule has 0 radical (unpaired) electrons. The Bertz CT molecular complexity index is 335. The maximum atomic E-state index is 9.78. The van der Waals surface area contributed by atoms with Crippen molar-refractivity contribution < 1.29 is 5.11 Å². The molecule has 0 amide bonds. The summed E-state index contributed by atoms with van der Waals surface area (Å²) in [7, 11) is 0. The maximum absolute atomic E-state index is 9.78. The minimum atomic E-state index is 0.534. The molecule has 0 saturated heterocycles. The zero-order chi connectivity index (χ0) is 8.84. The molecule has 1 fully saturated rings. The summed E-state index contributed by atoms with van der Waals surface area (Å²) in [6.07, 6.45) is 5.24. The lowest BCUT2D eigenvalue weighted by atomic mass is 9.67. The summed E-state index contributed by atoms with van der Waals surface area (Å²) >= 11 is 0. The van der Waals surface area contributed by atoms with E-state index in [1.807, 2.05) is 12.1 Å². The monoisotopic (exact) mass is 174 g/mol. The molecule has 3 aliphatic rings. The number of hydrogen-bond donors (Lipinski definition) is 1. The van der Waals surface area contributed by atoms with E-state index in [9.17, 15) is 5.11 Å². The molecular formula is C12H14O. The second-order valence-corrected chi connectivity index (χ2v) is 4.33. The third-order valence-electron chi connectivity index (χ3n) is 3.69. The minimum Gasteiger partial charge on any atom is -0.508 e. The number of fused-ring (bicyclic) bond motifs is 2. The van der Waals surface area contributed by atoms with Crippen molar-refractivity contribution in [1.29, 1.82) is 0 Å². The first-order valence-corrected chi connectivity index (χ1v) is 5.18. The molecule has 0 heterocycles. The molecule has 1 saturated carbocycles. The van der Waals surface area contributed by atoms with Crippen LogP contribution in [0.3, 0.4) is 0 Å². The van der Waals surface area contributed by atoms with Crippen molar-refractivity contribution >= 4 is 0 Å². The van der Waals surface area contributed by atoms with E-state index >= 15 is 0 Å². The summed E-state index contributed by atoms with van der Waals surface area (Å²) < 4.78 is 0. The summed E-state index contributed by atoms with van der Waals surface area (Å²) in [5, 5.41) is 9.78. The summed E-state index contributed by atoms with van der Waals surface area (Å²) in [4.78, 5) is 0. The van der Waals surface area contributed by atoms with Crippen molar-refractivity contribution in [3.63, 3.8) is 0 Å². The molecule has 1 aromatic rings. The first kappa shape index (κ1) is 7.43. The van der Waals surface area contributed by atoms with Crippen molar-refractivity contribution in [2.24, 2.45) is 0 Å². The lowest BCUT2D eigenvalue weighted by molar-refractivity contribution is 0.343. The standard InChI is InChI=1S/C12H14O/c13-11-3-1-2-10-8-4-6-9(7-5-8)12(10)11/h1-3,8-9,13H,4-7H2. The van der Waals surface area contributed by atoms with Crippen LogP contribution in [-0.4, -0.2) is 5.11 Å². The van der Waals surface area contributed by atoms with Crippen LogP contribution in [0.25, 0.3) is 0 Å². The molecule has 1 heteroatoms. The van der Waals surface area contributed by atoms with Crippen LogP contribution in [0.15, 0.2) is 18.2 Å². The van der Waals surface area contributed by atoms with E-state index in [-0.39, 0.29) is 0 Å². The van der Waals surface area contributed by atoms with Crippen molar-refractivity contribution in [3.05, 3.63) is 29.3 Å². The van der Waals surface area contributed by atoms with Crippen LogP contribution in [0.2, 0.25) is 0 Å². The Balaban J connectivity index is 2.23. The van der Waals surface area contributed by atoms with Crippen LogP contribution < -0.4 is 0 Å². The zero-order valence-electron chi connectivity index (χ0n) is 7.66. The Morgan fingerprint density at radius 3 is 2.38 bits per heavy atom. The first-order chi connectivity index (χ1) is 6.36. The fourth-order valence-corrected chi connectivity index (χ4v) is 3.06. The van der Waals surface area contributed by atoms with Gasteiger partial charge in [-0.2, -0.15) is 0 Å². The molecule has 1 nitrogen and oxygen atoms in total. The van der Waals surface area contributed by atoms with Gasteiger partial charge in [-0.1, -0.05) is 12.1 Å². The van der Waals surface area contributed by atoms with E-state index in [2.05, 4.69) is 6.07 Å². The molecule has 0 atom stereocenters. The molecule has 4 rings (SSSR count). The molecule has 13 heavy (non-hydrogen) atoms. The van der Waals surface area contributed by atoms with Gasteiger partial charge < -0.3 is 5.11 Å². The number of rotatable bonds is 0. The van der Waals surface area contributed by atoms with Crippen LogP contribution in [0.4, 0.5) is 0 Å². The summed E-state index contributed by atoms with van der Waals surface area (Å²) in [5.74, 6) is 1.93. The Kier molecular flexibility index (Phi) is 1.43. The van der Waals surface area contributed by atoms with Gasteiger partial charge in [0.05, 0.1) is 0 Å². The van der Waals surface area contributed by atoms with Crippen LogP contribution in [0, 0.1) is 0 Å². The minimum absolute atomic E-state index is 0.534. The molecule has 0 aliphatic heterocycles. The van der Waals surface area contributed by atoms with E-state index in [0.717, 1.165) is 5.92 Å². The van der Waals surface area contributed by atoms with E-state index in [4.69, 9.17) is 0 Å². The molecule has 68 valence electrons. The molecule has 1 aromatic carbocycles. The van der Waals surface area contributed by atoms with Crippen molar-refractivity contribution in [1.82, 2.24) is 0 Å². The molecule has 2 bridgehead atoms. The lowest BCUT2D eigenvalue weighted by Gasteiger charge is -2.38. The van der Waals surface area contributed by atoms with Crippen LogP contribution >= 0.6 is 0 Å². The fraction of sp³-hybridized carbons (Fsp3) is 0.500. The predicted octanol–water partition coefficient (Wildman–Crippen LogP) is 3.15.